The van der Waals surface area contributed by atoms with Crippen LogP contribution in [0.1, 0.15) is 45.1 Å². The highest BCUT2D eigenvalue weighted by Gasteiger charge is 2.41. The number of carbonyl (C=O) groups is 2. The van der Waals surface area contributed by atoms with E-state index < -0.39 is 25.1 Å². The Morgan fingerprint density at radius 3 is 2.37 bits per heavy atom. The lowest BCUT2D eigenvalue weighted by Gasteiger charge is -2.35. The molecule has 1 aliphatic carbocycles. The smallest absolute Gasteiger partial charge is 0.341 e. The molecule has 27 heavy (non-hydrogen) atoms. The highest BCUT2D eigenvalue weighted by atomic mass is 31.2. The van der Waals surface area contributed by atoms with Crippen molar-refractivity contribution in [2.24, 2.45) is 5.41 Å². The summed E-state index contributed by atoms with van der Waals surface area (Å²) in [6, 6.07) is 9.75. The van der Waals surface area contributed by atoms with Gasteiger partial charge in [0.05, 0.1) is 18.6 Å². The second-order valence-corrected chi connectivity index (χ2v) is 8.89. The maximum atomic E-state index is 12.7. The predicted octanol–water partition coefficient (Wildman–Crippen LogP) is 4.17. The zero-order valence-corrected chi connectivity index (χ0v) is 17.0. The second kappa shape index (κ2) is 10.2. The predicted molar refractivity (Wildman–Crippen MR) is 103 cm³/mol. The highest BCUT2D eigenvalue weighted by Crippen LogP contribution is 2.48. The summed E-state index contributed by atoms with van der Waals surface area (Å²) in [5, 5.41) is 0. The van der Waals surface area contributed by atoms with Gasteiger partial charge in [-0.15, -0.1) is 0 Å². The molecule has 0 aliphatic heterocycles. The number of benzene rings is 1. The minimum Gasteiger partial charge on any atom is -0.464 e. The van der Waals surface area contributed by atoms with Gasteiger partial charge < -0.3 is 13.8 Å². The van der Waals surface area contributed by atoms with E-state index in [0.717, 1.165) is 18.4 Å². The van der Waals surface area contributed by atoms with Gasteiger partial charge in [0.1, 0.15) is 18.6 Å². The molecule has 1 aromatic rings. The summed E-state index contributed by atoms with van der Waals surface area (Å²) in [5.41, 5.74) is 0.328. The summed E-state index contributed by atoms with van der Waals surface area (Å²) in [5.74, 6) is -0.533. The monoisotopic (exact) mass is 396 g/mol. The second-order valence-electron chi connectivity index (χ2n) is 6.84. The first kappa shape index (κ1) is 21.8. The van der Waals surface area contributed by atoms with Gasteiger partial charge in [-0.1, -0.05) is 36.8 Å². The van der Waals surface area contributed by atoms with Gasteiger partial charge in [0.15, 0.2) is 0 Å². The Labute approximate surface area is 161 Å². The van der Waals surface area contributed by atoms with Crippen molar-refractivity contribution in [3.63, 3.8) is 0 Å². The quantitative estimate of drug-likeness (QED) is 0.436. The Bertz CT molecular complexity index is 664. The summed E-state index contributed by atoms with van der Waals surface area (Å²) in [6.45, 7) is 3.74. The van der Waals surface area contributed by atoms with Crippen molar-refractivity contribution in [3.05, 3.63) is 35.9 Å². The van der Waals surface area contributed by atoms with Crippen LogP contribution in [0.15, 0.2) is 30.3 Å². The molecule has 1 fully saturated rings. The van der Waals surface area contributed by atoms with E-state index >= 15 is 0 Å². The molecule has 6 nitrogen and oxygen atoms in total. The molecule has 1 atom stereocenters. The van der Waals surface area contributed by atoms with Gasteiger partial charge in [-0.3, -0.25) is 14.2 Å². The van der Waals surface area contributed by atoms with Crippen LogP contribution in [0, 0.1) is 5.41 Å². The van der Waals surface area contributed by atoms with Crippen LogP contribution in [-0.4, -0.2) is 37.7 Å². The fourth-order valence-corrected chi connectivity index (χ4v) is 4.93. The number of carbonyl (C=O) groups excluding carboxylic acids is 2. The van der Waals surface area contributed by atoms with Crippen LogP contribution in [0.25, 0.3) is 0 Å². The molecule has 0 radical (unpaired) electrons. The Morgan fingerprint density at radius 1 is 1.11 bits per heavy atom. The Balaban J connectivity index is 2.06. The van der Waals surface area contributed by atoms with E-state index in [9.17, 15) is 14.2 Å². The number of ketones is 1. The van der Waals surface area contributed by atoms with E-state index in [1.165, 1.54) is 0 Å². The summed E-state index contributed by atoms with van der Waals surface area (Å²) < 4.78 is 28.2. The van der Waals surface area contributed by atoms with E-state index in [1.807, 2.05) is 30.3 Å². The number of esters is 1. The van der Waals surface area contributed by atoms with Gasteiger partial charge >= 0.3 is 13.6 Å². The maximum absolute atomic E-state index is 12.7. The van der Waals surface area contributed by atoms with Crippen LogP contribution in [0.5, 0.6) is 0 Å². The molecule has 2 rings (SSSR count). The molecule has 0 N–H and O–H groups in total. The Hall–Kier alpha value is -1.49. The summed E-state index contributed by atoms with van der Waals surface area (Å²) in [7, 11) is -3.51. The molecule has 150 valence electrons. The average Bonchev–Trinajstić information content (AvgIpc) is 2.63. The first-order chi connectivity index (χ1) is 12.9. The largest absolute Gasteiger partial charge is 0.464 e. The number of hydrogen-bond donors (Lipinski definition) is 0. The van der Waals surface area contributed by atoms with Gasteiger partial charge in [-0.05, 0) is 38.7 Å². The average molecular weight is 396 g/mol. The van der Waals surface area contributed by atoms with Crippen LogP contribution >= 0.6 is 7.60 Å². The number of ether oxygens (including phenoxy) is 1. The lowest BCUT2D eigenvalue weighted by Crippen LogP contribution is -2.41. The van der Waals surface area contributed by atoms with Crippen molar-refractivity contribution in [2.75, 3.05) is 26.0 Å². The highest BCUT2D eigenvalue weighted by molar-refractivity contribution is 7.54. The molecule has 1 aliphatic rings. The van der Waals surface area contributed by atoms with E-state index in [0.29, 0.717) is 19.3 Å². The molecule has 0 unspecified atom stereocenters. The first-order valence-electron chi connectivity index (χ1n) is 9.54. The van der Waals surface area contributed by atoms with E-state index in [2.05, 4.69) is 0 Å². The molecular formula is C20H29O6P. The molecule has 7 heteroatoms. The van der Waals surface area contributed by atoms with E-state index in [-0.39, 0.29) is 25.6 Å². The van der Waals surface area contributed by atoms with Crippen LogP contribution in [0.2, 0.25) is 0 Å². The van der Waals surface area contributed by atoms with Crippen molar-refractivity contribution >= 4 is 19.3 Å². The van der Waals surface area contributed by atoms with Gasteiger partial charge in [-0.25, -0.2) is 0 Å². The molecule has 0 bridgehead atoms. The Kier molecular flexibility index (Phi) is 8.21. The van der Waals surface area contributed by atoms with Crippen LogP contribution < -0.4 is 0 Å². The van der Waals surface area contributed by atoms with Crippen molar-refractivity contribution in [1.29, 1.82) is 0 Å². The minimum atomic E-state index is -3.51. The normalized spacial score (nSPS) is 20.4. The van der Waals surface area contributed by atoms with Crippen LogP contribution in [0.3, 0.4) is 0 Å². The maximum Gasteiger partial charge on any atom is 0.341 e. The topological polar surface area (TPSA) is 78.9 Å². The standard InChI is InChI=1S/C20H29O6P/c1-3-25-27(23,26-4-2)15-19(22)24-16-20(13-9-8-12-18(20)21)14-17-10-6-5-7-11-17/h5-7,10-11H,3-4,8-9,12-16H2,1-2H3/t20-/m1/s1. The number of rotatable bonds is 10. The number of Topliss-reactive ketones (excluding diaryl/α,β-unsaturated/α-hetero) is 1. The molecule has 1 saturated carbocycles. The minimum absolute atomic E-state index is 0.00217. The van der Waals surface area contributed by atoms with Crippen LogP contribution in [0.4, 0.5) is 0 Å². The van der Waals surface area contributed by atoms with E-state index in [4.69, 9.17) is 13.8 Å². The summed E-state index contributed by atoms with van der Waals surface area (Å²) in [6.07, 6.45) is 3.07. The first-order valence-corrected chi connectivity index (χ1v) is 11.3. The van der Waals surface area contributed by atoms with E-state index in [1.54, 1.807) is 13.8 Å². The zero-order chi connectivity index (χ0) is 19.8. The van der Waals surface area contributed by atoms with Crippen molar-refractivity contribution in [1.82, 2.24) is 0 Å². The fraction of sp³-hybridized carbons (Fsp3) is 0.600. The molecular weight excluding hydrogens is 367 g/mol. The third-order valence-electron chi connectivity index (χ3n) is 4.77. The third-order valence-corrected chi connectivity index (χ3v) is 6.72. The fourth-order valence-electron chi connectivity index (χ4n) is 3.48. The molecule has 0 amide bonds. The molecule has 1 aromatic carbocycles. The van der Waals surface area contributed by atoms with Gasteiger partial charge in [-0.2, -0.15) is 0 Å². The molecule has 0 aromatic heterocycles. The van der Waals surface area contributed by atoms with Crippen LogP contribution in [-0.2, 0) is 34.4 Å². The zero-order valence-electron chi connectivity index (χ0n) is 16.1. The van der Waals surface area contributed by atoms with Crippen molar-refractivity contribution < 1.29 is 27.9 Å². The summed E-state index contributed by atoms with van der Waals surface area (Å²) in [4.78, 5) is 25.0. The van der Waals surface area contributed by atoms with Gasteiger partial charge in [0.25, 0.3) is 0 Å². The lowest BCUT2D eigenvalue weighted by atomic mass is 9.70. The lowest BCUT2D eigenvalue weighted by molar-refractivity contribution is -0.149. The van der Waals surface area contributed by atoms with Crippen molar-refractivity contribution in [3.8, 4) is 0 Å². The SMILES string of the molecule is CCOP(=O)(CC(=O)OC[C@]1(Cc2ccccc2)CCCCC1=O)OCC. The third kappa shape index (κ3) is 6.27. The molecule has 0 heterocycles. The Morgan fingerprint density at radius 2 is 1.78 bits per heavy atom. The van der Waals surface area contributed by atoms with Crippen molar-refractivity contribution in [2.45, 2.75) is 46.0 Å². The molecule has 0 spiro atoms. The van der Waals surface area contributed by atoms with Gasteiger partial charge in [0.2, 0.25) is 0 Å². The van der Waals surface area contributed by atoms with Gasteiger partial charge in [0, 0.05) is 6.42 Å². The molecule has 0 saturated heterocycles. The summed E-state index contributed by atoms with van der Waals surface area (Å²) >= 11 is 0. The number of hydrogen-bond acceptors (Lipinski definition) is 6.